The molecule has 0 bridgehead atoms. The number of rotatable bonds is 2. The third-order valence-corrected chi connectivity index (χ3v) is 3.32. The van der Waals surface area contributed by atoms with Crippen LogP contribution in [0.15, 0.2) is 24.4 Å². The van der Waals surface area contributed by atoms with E-state index in [1.165, 1.54) is 24.4 Å². The molecule has 2 heterocycles. The summed E-state index contributed by atoms with van der Waals surface area (Å²) in [6.45, 7) is 0. The van der Waals surface area contributed by atoms with E-state index in [4.69, 9.17) is 16.7 Å². The first-order valence-corrected chi connectivity index (χ1v) is 5.68. The van der Waals surface area contributed by atoms with Gasteiger partial charge < -0.3 is 10.2 Å². The van der Waals surface area contributed by atoms with E-state index in [0.29, 0.717) is 5.01 Å². The molecule has 1 saturated heterocycles. The number of carboxylic acid groups (broad SMARTS) is 1. The van der Waals surface area contributed by atoms with E-state index in [-0.39, 0.29) is 5.82 Å². The monoisotopic (exact) mass is 311 g/mol. The van der Waals surface area contributed by atoms with E-state index in [2.05, 4.69) is 4.98 Å². The standard InChI is InChI=1S/C10H9ClF3N3O3/c11-9(10(12,13)14)5-8(20,7(18)19)16-17(9)6-3-1-2-4-15-6/h1-4,16,20H,5H2,(H,18,19). The molecule has 1 aromatic heterocycles. The van der Waals surface area contributed by atoms with Crippen molar-refractivity contribution in [3.05, 3.63) is 24.4 Å². The molecule has 0 aromatic carbocycles. The average Bonchev–Trinajstić information content (AvgIpc) is 2.64. The summed E-state index contributed by atoms with van der Waals surface area (Å²) in [5.74, 6) is -2.14. The molecule has 1 aromatic rings. The first-order valence-electron chi connectivity index (χ1n) is 5.31. The van der Waals surface area contributed by atoms with E-state index >= 15 is 0 Å². The van der Waals surface area contributed by atoms with Crippen LogP contribution in [0, 0.1) is 0 Å². The largest absolute Gasteiger partial charge is 0.478 e. The SMILES string of the molecule is O=C(O)C1(O)CC(Cl)(C(F)(F)F)N(c2ccccn2)N1. The third kappa shape index (κ3) is 2.17. The summed E-state index contributed by atoms with van der Waals surface area (Å²) < 4.78 is 39.4. The highest BCUT2D eigenvalue weighted by molar-refractivity contribution is 6.26. The Balaban J connectivity index is 2.50. The maximum absolute atomic E-state index is 13.1. The number of aromatic nitrogens is 1. The first kappa shape index (κ1) is 14.8. The van der Waals surface area contributed by atoms with Crippen LogP contribution in [0.25, 0.3) is 0 Å². The molecule has 6 nitrogen and oxygen atoms in total. The summed E-state index contributed by atoms with van der Waals surface area (Å²) in [4.78, 5) is 11.5. The molecular formula is C10H9ClF3N3O3. The van der Waals surface area contributed by atoms with Gasteiger partial charge in [0.1, 0.15) is 5.82 Å². The number of pyridine rings is 1. The van der Waals surface area contributed by atoms with Crippen LogP contribution in [0.5, 0.6) is 0 Å². The highest BCUT2D eigenvalue weighted by Crippen LogP contribution is 2.48. The number of hydrogen-bond donors (Lipinski definition) is 3. The zero-order chi connectivity index (χ0) is 15.2. The number of anilines is 1. The number of nitrogens with one attached hydrogen (secondary N) is 1. The minimum absolute atomic E-state index is 0.267. The molecule has 0 saturated carbocycles. The van der Waals surface area contributed by atoms with Crippen LogP contribution in [0.2, 0.25) is 0 Å². The molecule has 0 radical (unpaired) electrons. The fourth-order valence-electron chi connectivity index (χ4n) is 1.81. The molecule has 110 valence electrons. The Morgan fingerprint density at radius 3 is 2.60 bits per heavy atom. The summed E-state index contributed by atoms with van der Waals surface area (Å²) in [6, 6.07) is 4.06. The van der Waals surface area contributed by atoms with Crippen LogP contribution in [-0.2, 0) is 4.79 Å². The van der Waals surface area contributed by atoms with Gasteiger partial charge in [0.05, 0.1) is 6.42 Å². The van der Waals surface area contributed by atoms with Gasteiger partial charge in [-0.15, -0.1) is 0 Å². The van der Waals surface area contributed by atoms with Crippen LogP contribution >= 0.6 is 11.6 Å². The lowest BCUT2D eigenvalue weighted by Gasteiger charge is -2.33. The van der Waals surface area contributed by atoms with Gasteiger partial charge in [-0.2, -0.15) is 18.6 Å². The summed E-state index contributed by atoms with van der Waals surface area (Å²) in [5, 5.41) is 18.9. The Labute approximate surface area is 115 Å². The average molecular weight is 312 g/mol. The van der Waals surface area contributed by atoms with Crippen molar-refractivity contribution in [2.75, 3.05) is 5.01 Å². The Morgan fingerprint density at radius 1 is 1.50 bits per heavy atom. The molecule has 3 N–H and O–H groups in total. The topological polar surface area (TPSA) is 85.7 Å². The summed E-state index contributed by atoms with van der Waals surface area (Å²) in [5.41, 5.74) is -0.983. The van der Waals surface area contributed by atoms with E-state index in [9.17, 15) is 23.1 Å². The predicted molar refractivity (Wildman–Crippen MR) is 61.7 cm³/mol. The number of aliphatic hydroxyl groups is 1. The van der Waals surface area contributed by atoms with Gasteiger partial charge >= 0.3 is 12.1 Å². The number of carboxylic acids is 1. The molecule has 1 aliphatic heterocycles. The van der Waals surface area contributed by atoms with Crippen molar-refractivity contribution >= 4 is 23.4 Å². The number of alkyl halides is 4. The zero-order valence-corrected chi connectivity index (χ0v) is 10.5. The fourth-order valence-corrected chi connectivity index (χ4v) is 2.13. The zero-order valence-electron chi connectivity index (χ0n) is 9.73. The summed E-state index contributed by atoms with van der Waals surface area (Å²) in [6.07, 6.45) is -5.08. The Hall–Kier alpha value is -1.58. The van der Waals surface area contributed by atoms with Crippen molar-refractivity contribution in [1.82, 2.24) is 10.4 Å². The second-order valence-electron chi connectivity index (χ2n) is 4.23. The normalized spacial score (nSPS) is 30.6. The highest BCUT2D eigenvalue weighted by atomic mass is 35.5. The summed E-state index contributed by atoms with van der Waals surface area (Å²) in [7, 11) is 0. The van der Waals surface area contributed by atoms with E-state index in [1.54, 1.807) is 0 Å². The molecular weight excluding hydrogens is 303 g/mol. The Bertz CT molecular complexity index is 529. The highest BCUT2D eigenvalue weighted by Gasteiger charge is 2.68. The maximum atomic E-state index is 13.1. The lowest BCUT2D eigenvalue weighted by Crippen LogP contribution is -2.56. The van der Waals surface area contributed by atoms with E-state index in [0.717, 1.165) is 0 Å². The molecule has 2 rings (SSSR count). The van der Waals surface area contributed by atoms with Crippen LogP contribution < -0.4 is 10.4 Å². The Morgan fingerprint density at radius 2 is 2.15 bits per heavy atom. The summed E-state index contributed by atoms with van der Waals surface area (Å²) >= 11 is 5.55. The quantitative estimate of drug-likeness (QED) is 0.559. The molecule has 2 atom stereocenters. The van der Waals surface area contributed by atoms with Crippen LogP contribution in [0.4, 0.5) is 19.0 Å². The Kier molecular flexibility index (Phi) is 3.31. The second kappa shape index (κ2) is 4.47. The number of nitrogens with zero attached hydrogens (tertiary/aromatic N) is 2. The minimum Gasteiger partial charge on any atom is -0.478 e. The predicted octanol–water partition coefficient (Wildman–Crippen LogP) is 1.07. The van der Waals surface area contributed by atoms with Crippen LogP contribution in [0.3, 0.4) is 0 Å². The van der Waals surface area contributed by atoms with Gasteiger partial charge in [-0.25, -0.2) is 9.78 Å². The molecule has 1 fully saturated rings. The molecule has 10 heteroatoms. The van der Waals surface area contributed by atoms with Crippen molar-refractivity contribution < 1.29 is 28.2 Å². The molecule has 0 amide bonds. The molecule has 2 unspecified atom stereocenters. The van der Waals surface area contributed by atoms with E-state index < -0.39 is 29.3 Å². The number of carbonyl (C=O) groups is 1. The molecule has 0 aliphatic carbocycles. The van der Waals surface area contributed by atoms with Gasteiger partial charge in [-0.3, -0.25) is 5.01 Å². The molecule has 0 spiro atoms. The third-order valence-electron chi connectivity index (χ3n) is 2.81. The molecule has 20 heavy (non-hydrogen) atoms. The number of hydrogen-bond acceptors (Lipinski definition) is 5. The second-order valence-corrected chi connectivity index (χ2v) is 4.86. The first-order chi connectivity index (χ1) is 9.10. The van der Waals surface area contributed by atoms with Crippen molar-refractivity contribution in [2.24, 2.45) is 0 Å². The van der Waals surface area contributed by atoms with Gasteiger partial charge in [0.2, 0.25) is 10.7 Å². The maximum Gasteiger partial charge on any atom is 0.427 e. The van der Waals surface area contributed by atoms with Crippen molar-refractivity contribution in [3.8, 4) is 0 Å². The van der Waals surface area contributed by atoms with Gasteiger partial charge in [-0.05, 0) is 12.1 Å². The lowest BCUT2D eigenvalue weighted by atomic mass is 10.1. The number of hydrazine groups is 1. The van der Waals surface area contributed by atoms with Crippen molar-refractivity contribution in [3.63, 3.8) is 0 Å². The number of halogens is 4. The number of aliphatic carboxylic acids is 1. The van der Waals surface area contributed by atoms with Gasteiger partial charge in [0, 0.05) is 6.20 Å². The van der Waals surface area contributed by atoms with Crippen molar-refractivity contribution in [1.29, 1.82) is 0 Å². The van der Waals surface area contributed by atoms with Gasteiger partial charge in [-0.1, -0.05) is 17.7 Å². The van der Waals surface area contributed by atoms with Gasteiger partial charge in [0.15, 0.2) is 0 Å². The van der Waals surface area contributed by atoms with Crippen molar-refractivity contribution in [2.45, 2.75) is 23.3 Å². The lowest BCUT2D eigenvalue weighted by molar-refractivity contribution is -0.171. The molecule has 1 aliphatic rings. The fraction of sp³-hybridized carbons (Fsp3) is 0.400. The van der Waals surface area contributed by atoms with Crippen LogP contribution in [0.1, 0.15) is 6.42 Å². The smallest absolute Gasteiger partial charge is 0.427 e. The van der Waals surface area contributed by atoms with Gasteiger partial charge in [0.25, 0.3) is 0 Å². The van der Waals surface area contributed by atoms with Crippen LogP contribution in [-0.4, -0.2) is 38.1 Å². The minimum atomic E-state index is -5.00. The van der Waals surface area contributed by atoms with E-state index in [1.807, 2.05) is 5.43 Å².